The molecule has 0 aliphatic rings. The second-order valence-corrected chi connectivity index (χ2v) is 7.04. The third kappa shape index (κ3) is 4.66. The Hall–Kier alpha value is -1.88. The van der Waals surface area contributed by atoms with Gasteiger partial charge in [-0.05, 0) is 55.7 Å². The van der Waals surface area contributed by atoms with Crippen molar-refractivity contribution in [2.75, 3.05) is 0 Å². The van der Waals surface area contributed by atoms with E-state index in [-0.39, 0.29) is 11.5 Å². The van der Waals surface area contributed by atoms with Crippen molar-refractivity contribution >= 4 is 48.3 Å². The lowest BCUT2D eigenvalue weighted by Gasteiger charge is -2.13. The minimum absolute atomic E-state index is 0.125. The van der Waals surface area contributed by atoms with Crippen LogP contribution in [0.25, 0.3) is 16.7 Å². The zero-order valence-corrected chi connectivity index (χ0v) is 20.6. The van der Waals surface area contributed by atoms with Crippen LogP contribution in [0.1, 0.15) is 27.8 Å². The summed E-state index contributed by atoms with van der Waals surface area (Å²) in [6, 6.07) is 15.3. The first kappa shape index (κ1) is 21.8. The van der Waals surface area contributed by atoms with E-state index < -0.39 is 0 Å². The van der Waals surface area contributed by atoms with Crippen molar-refractivity contribution < 1.29 is 10.2 Å². The molecule has 1 aromatic heterocycles. The lowest BCUT2D eigenvalue weighted by molar-refractivity contribution is 0.456. The predicted molar refractivity (Wildman–Crippen MR) is 134 cm³/mol. The molecule has 5 nitrogen and oxygen atoms in total. The number of hydrogen-bond acceptors (Lipinski definition) is 4. The monoisotopic (exact) mass is 613 g/mol. The van der Waals surface area contributed by atoms with Gasteiger partial charge in [0.25, 0.3) is 0 Å². The summed E-state index contributed by atoms with van der Waals surface area (Å²) in [6.07, 6.45) is 0.426. The van der Waals surface area contributed by atoms with Crippen molar-refractivity contribution in [2.24, 2.45) is 0 Å². The van der Waals surface area contributed by atoms with Gasteiger partial charge < -0.3 is 10.2 Å². The van der Waals surface area contributed by atoms with Crippen molar-refractivity contribution in [1.82, 2.24) is 15.0 Å². The Balaban J connectivity index is 0.00000117. The number of aromatic hydroxyl groups is 2. The van der Waals surface area contributed by atoms with Gasteiger partial charge in [0.1, 0.15) is 28.2 Å². The molecule has 3 aromatic carbocycles. The van der Waals surface area contributed by atoms with E-state index in [0.717, 1.165) is 38.9 Å². The first-order valence-electron chi connectivity index (χ1n) is 9.00. The zero-order valence-electron chi connectivity index (χ0n) is 16.3. The van der Waals surface area contributed by atoms with Gasteiger partial charge in [-0.25, -0.2) is 0 Å². The number of phenols is 2. The Kier molecular flexibility index (Phi) is 6.99. The van der Waals surface area contributed by atoms with Gasteiger partial charge >= 0.3 is 0 Å². The lowest BCUT2D eigenvalue weighted by atomic mass is 9.97. The van der Waals surface area contributed by atoms with E-state index in [0.29, 0.717) is 12.1 Å². The molecule has 0 unspecified atom stereocenters. The Morgan fingerprint density at radius 1 is 0.793 bits per heavy atom. The summed E-state index contributed by atoms with van der Waals surface area (Å²) in [6.45, 7) is 5.85. The number of phenolic OH excluding ortho intramolecular Hbond substituents is 2. The summed E-state index contributed by atoms with van der Waals surface area (Å²) in [5.41, 5.74) is 6.49. The van der Waals surface area contributed by atoms with Gasteiger partial charge in [-0.15, -0.1) is 15.0 Å². The molecular formula is C22H21I2N3O2. The van der Waals surface area contributed by atoms with Crippen LogP contribution in [0.2, 0.25) is 0 Å². The molecule has 4 aromatic rings. The number of halogens is 2. The maximum Gasteiger partial charge on any atom is 0.146 e. The molecule has 7 heteroatoms. The van der Waals surface area contributed by atoms with Gasteiger partial charge in [-0.3, -0.25) is 0 Å². The Bertz CT molecular complexity index is 1140. The topological polar surface area (TPSA) is 71.2 Å². The quantitative estimate of drug-likeness (QED) is 0.274. The molecule has 2 N–H and O–H groups in total. The highest BCUT2D eigenvalue weighted by Gasteiger charge is 2.16. The van der Waals surface area contributed by atoms with E-state index in [2.05, 4.69) is 47.4 Å². The van der Waals surface area contributed by atoms with Crippen molar-refractivity contribution in [2.45, 2.75) is 27.2 Å². The molecule has 0 fully saturated rings. The summed E-state index contributed by atoms with van der Waals surface area (Å²) in [4.78, 5) is 1.47. The van der Waals surface area contributed by atoms with Crippen molar-refractivity contribution in [3.05, 3.63) is 76.3 Å². The molecule has 0 amide bonds. The molecule has 150 valence electrons. The van der Waals surface area contributed by atoms with E-state index in [1.165, 1.54) is 4.80 Å². The third-order valence-corrected chi connectivity index (χ3v) is 4.72. The average Bonchev–Trinajstić information content (AvgIpc) is 3.13. The van der Waals surface area contributed by atoms with Crippen LogP contribution >= 0.6 is 37.2 Å². The van der Waals surface area contributed by atoms with E-state index in [1.54, 1.807) is 0 Å². The zero-order chi connectivity index (χ0) is 21.1. The van der Waals surface area contributed by atoms with Crippen molar-refractivity contribution in [3.63, 3.8) is 0 Å². The first-order chi connectivity index (χ1) is 13.9. The molecule has 0 saturated heterocycles. The highest BCUT2D eigenvalue weighted by atomic mass is 128. The number of benzene rings is 3. The number of aryl methyl sites for hydroxylation is 3. The number of aromatic nitrogens is 3. The summed E-state index contributed by atoms with van der Waals surface area (Å²) < 4.78 is 0. The van der Waals surface area contributed by atoms with Crippen LogP contribution in [0.5, 0.6) is 11.5 Å². The molecule has 0 spiro atoms. The Morgan fingerprint density at radius 2 is 1.31 bits per heavy atom. The van der Waals surface area contributed by atoms with E-state index >= 15 is 0 Å². The van der Waals surface area contributed by atoms with E-state index in [9.17, 15) is 10.2 Å². The fourth-order valence-electron chi connectivity index (χ4n) is 3.48. The molecule has 0 radical (unpaired) electrons. The van der Waals surface area contributed by atoms with Crippen molar-refractivity contribution in [1.29, 1.82) is 0 Å². The molecule has 0 bridgehead atoms. The fourth-order valence-corrected chi connectivity index (χ4v) is 3.48. The summed E-state index contributed by atoms with van der Waals surface area (Å²) in [5.74, 6) is 0.394. The first-order valence-corrected chi connectivity index (χ1v) is 15.3. The van der Waals surface area contributed by atoms with E-state index in [1.807, 2.05) is 69.3 Å². The Morgan fingerprint density at radius 3 is 1.90 bits per heavy atom. The van der Waals surface area contributed by atoms with E-state index in [4.69, 9.17) is 0 Å². The standard InChI is InChI=1S/C22H21N3O2.I2/c1-13-8-15(3)21(26)16(9-13)12-17-10-14(2)11-20(22(17)27)25-23-18-6-4-5-7-19(18)24-25;1-2/h4-11,26-27H,12H2,1-3H3;. The molecule has 0 aliphatic heterocycles. The second-order valence-electron chi connectivity index (χ2n) is 7.04. The van der Waals surface area contributed by atoms with Gasteiger partial charge in [-0.1, -0.05) is 35.9 Å². The van der Waals surface area contributed by atoms with Crippen LogP contribution in [0.4, 0.5) is 0 Å². The highest BCUT2D eigenvalue weighted by Crippen LogP contribution is 2.33. The van der Waals surface area contributed by atoms with Crippen LogP contribution in [-0.2, 0) is 6.42 Å². The average molecular weight is 613 g/mol. The highest BCUT2D eigenvalue weighted by molar-refractivity contribution is 15.0. The van der Waals surface area contributed by atoms with Gasteiger partial charge in [0.05, 0.1) is 0 Å². The minimum Gasteiger partial charge on any atom is -0.507 e. The smallest absolute Gasteiger partial charge is 0.146 e. The summed E-state index contributed by atoms with van der Waals surface area (Å²) >= 11 is 4.24. The number of fused-ring (bicyclic) bond motifs is 1. The SMILES string of the molecule is Cc1cc(C)c(O)c(Cc2cc(C)cc(-n3nc4ccccc4n3)c2O)c1.II. The number of hydrogen-bond donors (Lipinski definition) is 2. The van der Waals surface area contributed by atoms with Crippen LogP contribution in [-0.4, -0.2) is 25.2 Å². The molecule has 0 atom stereocenters. The van der Waals surface area contributed by atoms with Gasteiger partial charge in [0, 0.05) is 49.2 Å². The number of rotatable bonds is 3. The normalized spacial score (nSPS) is 10.7. The van der Waals surface area contributed by atoms with Crippen LogP contribution in [0.15, 0.2) is 48.5 Å². The molecule has 0 saturated carbocycles. The molecule has 1 heterocycles. The Labute approximate surface area is 193 Å². The fraction of sp³-hybridized carbons (Fsp3) is 0.182. The molecule has 4 rings (SSSR count). The summed E-state index contributed by atoms with van der Waals surface area (Å²) in [5, 5.41) is 30.3. The van der Waals surface area contributed by atoms with Crippen LogP contribution < -0.4 is 0 Å². The number of nitrogens with zero attached hydrogens (tertiary/aromatic N) is 3. The van der Waals surface area contributed by atoms with Gasteiger partial charge in [-0.2, -0.15) is 0 Å². The van der Waals surface area contributed by atoms with Crippen LogP contribution in [0.3, 0.4) is 0 Å². The lowest BCUT2D eigenvalue weighted by Crippen LogP contribution is -2.02. The van der Waals surface area contributed by atoms with Gasteiger partial charge in [0.15, 0.2) is 0 Å². The van der Waals surface area contributed by atoms with Crippen LogP contribution in [0, 0.1) is 20.8 Å². The maximum absolute atomic E-state index is 10.9. The largest absolute Gasteiger partial charge is 0.507 e. The molecular weight excluding hydrogens is 592 g/mol. The van der Waals surface area contributed by atoms with Crippen molar-refractivity contribution in [3.8, 4) is 17.2 Å². The molecule has 29 heavy (non-hydrogen) atoms. The van der Waals surface area contributed by atoms with Gasteiger partial charge in [0.2, 0.25) is 0 Å². The minimum atomic E-state index is 0.125. The third-order valence-electron chi connectivity index (χ3n) is 4.72. The second kappa shape index (κ2) is 9.29. The predicted octanol–water partition coefficient (Wildman–Crippen LogP) is 6.12. The molecule has 0 aliphatic carbocycles. The summed E-state index contributed by atoms with van der Waals surface area (Å²) in [7, 11) is 0. The maximum atomic E-state index is 10.9.